The van der Waals surface area contributed by atoms with Gasteiger partial charge in [0.15, 0.2) is 0 Å². The Morgan fingerprint density at radius 1 is 1.05 bits per heavy atom. The van der Waals surface area contributed by atoms with Crippen LogP contribution < -0.4 is 0 Å². The highest BCUT2D eigenvalue weighted by Crippen LogP contribution is 2.57. The molecule has 0 aromatic rings. The Morgan fingerprint density at radius 3 is 2.10 bits per heavy atom. The van der Waals surface area contributed by atoms with Gasteiger partial charge in [-0.25, -0.2) is 0 Å². The van der Waals surface area contributed by atoms with E-state index in [4.69, 9.17) is 4.74 Å². The van der Waals surface area contributed by atoms with Crippen LogP contribution >= 0.6 is 0 Å². The summed E-state index contributed by atoms with van der Waals surface area (Å²) in [6.45, 7) is 3.91. The average molecular weight is 294 g/mol. The summed E-state index contributed by atoms with van der Waals surface area (Å²) < 4.78 is 7.45. The van der Waals surface area contributed by atoms with Gasteiger partial charge in [-0.2, -0.15) is 0 Å². The third-order valence-corrected chi connectivity index (χ3v) is 6.86. The number of likely N-dealkylation sites (N-methyl/N-ethyl adjacent to an activating group) is 1. The van der Waals surface area contributed by atoms with Crippen LogP contribution in [0, 0.1) is 17.8 Å². The number of likely N-dealkylation sites (tertiary alicyclic amines) is 1. The van der Waals surface area contributed by atoms with E-state index in [2.05, 4.69) is 7.05 Å². The minimum absolute atomic E-state index is 0.152. The van der Waals surface area contributed by atoms with Crippen LogP contribution in [0.4, 0.5) is 0 Å². The summed E-state index contributed by atoms with van der Waals surface area (Å²) in [5, 5.41) is 10.4. The van der Waals surface area contributed by atoms with Crippen LogP contribution in [-0.4, -0.2) is 54.6 Å². The van der Waals surface area contributed by atoms with E-state index >= 15 is 0 Å². The normalized spacial score (nSPS) is 45.1. The van der Waals surface area contributed by atoms with Gasteiger partial charge in [0.25, 0.3) is 0 Å². The zero-order valence-electron chi connectivity index (χ0n) is 13.6. The number of nitrogens with zero attached hydrogens (tertiary/aromatic N) is 1. The summed E-state index contributed by atoms with van der Waals surface area (Å²) in [6, 6.07) is 0. The molecule has 0 aromatic heterocycles. The van der Waals surface area contributed by atoms with Gasteiger partial charge in [-0.15, -0.1) is 0 Å². The Morgan fingerprint density at radius 2 is 1.57 bits per heavy atom. The molecule has 4 aliphatic carbocycles. The van der Waals surface area contributed by atoms with Gasteiger partial charge in [-0.05, 0) is 56.3 Å². The second-order valence-corrected chi connectivity index (χ2v) is 9.02. The molecule has 3 heteroatoms. The zero-order valence-corrected chi connectivity index (χ0v) is 13.6. The van der Waals surface area contributed by atoms with E-state index in [0.29, 0.717) is 6.61 Å². The van der Waals surface area contributed by atoms with Gasteiger partial charge in [0.05, 0.1) is 32.3 Å². The van der Waals surface area contributed by atoms with E-state index in [0.717, 1.165) is 28.8 Å². The molecular weight excluding hydrogens is 262 g/mol. The Balaban J connectivity index is 1.32. The van der Waals surface area contributed by atoms with Gasteiger partial charge < -0.3 is 14.3 Å². The maximum atomic E-state index is 10.4. The first-order valence-electron chi connectivity index (χ1n) is 9.20. The van der Waals surface area contributed by atoms with Crippen molar-refractivity contribution in [3.05, 3.63) is 0 Å². The van der Waals surface area contributed by atoms with E-state index in [1.165, 1.54) is 64.5 Å². The second-order valence-electron chi connectivity index (χ2n) is 9.02. The van der Waals surface area contributed by atoms with Crippen LogP contribution in [0.25, 0.3) is 0 Å². The fourth-order valence-corrected chi connectivity index (χ4v) is 6.32. The van der Waals surface area contributed by atoms with Crippen molar-refractivity contribution < 1.29 is 14.3 Å². The zero-order chi connectivity index (χ0) is 14.5. The molecule has 5 aliphatic rings. The molecule has 1 atom stereocenters. The number of ether oxygens (including phenoxy) is 1. The van der Waals surface area contributed by atoms with Crippen molar-refractivity contribution in [1.29, 1.82) is 0 Å². The van der Waals surface area contributed by atoms with Gasteiger partial charge in [-0.3, -0.25) is 0 Å². The molecule has 5 fully saturated rings. The van der Waals surface area contributed by atoms with Crippen molar-refractivity contribution in [2.24, 2.45) is 17.8 Å². The number of hydrogen-bond donors (Lipinski definition) is 1. The van der Waals surface area contributed by atoms with E-state index in [1.54, 1.807) is 0 Å². The van der Waals surface area contributed by atoms with Gasteiger partial charge in [-0.1, -0.05) is 0 Å². The topological polar surface area (TPSA) is 29.5 Å². The molecule has 1 saturated heterocycles. The third-order valence-electron chi connectivity index (χ3n) is 6.86. The molecular formula is C18H32NO2+. The highest BCUT2D eigenvalue weighted by molar-refractivity contribution is 5.03. The Kier molecular flexibility index (Phi) is 3.59. The predicted molar refractivity (Wildman–Crippen MR) is 82.9 cm³/mol. The van der Waals surface area contributed by atoms with Crippen molar-refractivity contribution in [2.75, 3.05) is 33.3 Å². The number of rotatable bonds is 5. The molecule has 0 radical (unpaired) electrons. The molecule has 1 N–H and O–H groups in total. The lowest BCUT2D eigenvalue weighted by Gasteiger charge is -2.56. The quantitative estimate of drug-likeness (QED) is 0.790. The maximum absolute atomic E-state index is 10.4. The molecule has 1 heterocycles. The Bertz CT molecular complexity index is 353. The van der Waals surface area contributed by atoms with Gasteiger partial charge in [0, 0.05) is 12.8 Å². The smallest absolute Gasteiger partial charge is 0.126 e. The molecule has 5 rings (SSSR count). The number of aliphatic hydroxyl groups excluding tert-OH is 1. The molecule has 4 saturated carbocycles. The summed E-state index contributed by atoms with van der Waals surface area (Å²) in [5.74, 6) is 2.78. The molecule has 21 heavy (non-hydrogen) atoms. The summed E-state index contributed by atoms with van der Waals surface area (Å²) in [6.07, 6.45) is 10.6. The molecule has 0 spiro atoms. The van der Waals surface area contributed by atoms with Crippen molar-refractivity contribution in [1.82, 2.24) is 0 Å². The summed E-state index contributed by atoms with van der Waals surface area (Å²) in [5.41, 5.74) is 0.152. The lowest BCUT2D eigenvalue weighted by atomic mass is 9.54. The molecule has 0 amide bonds. The average Bonchev–Trinajstić information content (AvgIpc) is 2.81. The first kappa shape index (κ1) is 14.5. The van der Waals surface area contributed by atoms with Gasteiger partial charge >= 0.3 is 0 Å². The highest BCUT2D eigenvalue weighted by atomic mass is 16.5. The van der Waals surface area contributed by atoms with Crippen molar-refractivity contribution in [3.63, 3.8) is 0 Å². The third kappa shape index (κ3) is 2.89. The van der Waals surface area contributed by atoms with Crippen LogP contribution in [0.2, 0.25) is 0 Å². The summed E-state index contributed by atoms with van der Waals surface area (Å²) >= 11 is 0. The minimum atomic E-state index is -0.277. The van der Waals surface area contributed by atoms with Crippen LogP contribution in [0.1, 0.15) is 51.4 Å². The first-order chi connectivity index (χ1) is 10.0. The fourth-order valence-electron chi connectivity index (χ4n) is 6.32. The Labute approximate surface area is 129 Å². The predicted octanol–water partition coefficient (Wildman–Crippen LogP) is 2.57. The monoisotopic (exact) mass is 294 g/mol. The number of aliphatic hydroxyl groups is 1. The van der Waals surface area contributed by atoms with Crippen LogP contribution in [0.15, 0.2) is 0 Å². The number of quaternary nitrogens is 1. The standard InChI is InChI=1S/C18H32NO2/c1-19(4-2-3-5-19)12-17(20)13-21-18-9-14-6-15(10-18)8-16(7-14)11-18/h14-17,20H,2-13H2,1H3/q+1. The molecule has 1 aliphatic heterocycles. The minimum Gasteiger partial charge on any atom is -0.385 e. The largest absolute Gasteiger partial charge is 0.385 e. The summed E-state index contributed by atoms with van der Waals surface area (Å²) in [4.78, 5) is 0. The molecule has 120 valence electrons. The van der Waals surface area contributed by atoms with Gasteiger partial charge in [0.1, 0.15) is 12.6 Å². The van der Waals surface area contributed by atoms with E-state index < -0.39 is 0 Å². The lowest BCUT2D eigenvalue weighted by molar-refractivity contribution is -0.900. The van der Waals surface area contributed by atoms with Crippen LogP contribution in [0.5, 0.6) is 0 Å². The van der Waals surface area contributed by atoms with Crippen LogP contribution in [-0.2, 0) is 4.74 Å². The highest BCUT2D eigenvalue weighted by Gasteiger charge is 2.51. The van der Waals surface area contributed by atoms with E-state index in [9.17, 15) is 5.11 Å². The Hall–Kier alpha value is -0.120. The van der Waals surface area contributed by atoms with Crippen LogP contribution in [0.3, 0.4) is 0 Å². The SMILES string of the molecule is C[N+]1(CC(O)COC23CC4CC(CC(C4)C2)C3)CCCC1. The molecule has 3 nitrogen and oxygen atoms in total. The molecule has 4 bridgehead atoms. The van der Waals surface area contributed by atoms with Crippen molar-refractivity contribution in [3.8, 4) is 0 Å². The summed E-state index contributed by atoms with van der Waals surface area (Å²) in [7, 11) is 2.29. The lowest BCUT2D eigenvalue weighted by Crippen LogP contribution is -2.54. The maximum Gasteiger partial charge on any atom is 0.126 e. The molecule has 0 aromatic carbocycles. The van der Waals surface area contributed by atoms with E-state index in [1.807, 2.05) is 0 Å². The first-order valence-corrected chi connectivity index (χ1v) is 9.20. The van der Waals surface area contributed by atoms with Crippen molar-refractivity contribution in [2.45, 2.75) is 63.1 Å². The van der Waals surface area contributed by atoms with Gasteiger partial charge in [0.2, 0.25) is 0 Å². The number of hydrogen-bond acceptors (Lipinski definition) is 2. The fraction of sp³-hybridized carbons (Fsp3) is 1.00. The van der Waals surface area contributed by atoms with E-state index in [-0.39, 0.29) is 11.7 Å². The van der Waals surface area contributed by atoms with Crippen molar-refractivity contribution >= 4 is 0 Å². The molecule has 1 unspecified atom stereocenters. The second kappa shape index (κ2) is 5.21.